The molecule has 0 saturated heterocycles. The van der Waals surface area contributed by atoms with Crippen molar-refractivity contribution < 1.29 is 87.8 Å². The average Bonchev–Trinajstić information content (AvgIpc) is 2.80. The number of carbonyl (C=O) groups is 1. The van der Waals surface area contributed by atoms with Gasteiger partial charge in [0.25, 0.3) is 5.78 Å². The van der Waals surface area contributed by atoms with Gasteiger partial charge in [0, 0.05) is 54.8 Å². The van der Waals surface area contributed by atoms with E-state index in [-0.39, 0.29) is 71.3 Å². The molecular weight excluding hydrogens is 545 g/mol. The van der Waals surface area contributed by atoms with Crippen molar-refractivity contribution in [2.45, 2.75) is 25.4 Å². The Morgan fingerprint density at radius 1 is 1.03 bits per heavy atom. The quantitative estimate of drug-likeness (QED) is 0.361. The molecule has 0 bridgehead atoms. The van der Waals surface area contributed by atoms with Crippen molar-refractivity contribution >= 4 is 16.8 Å². The predicted octanol–water partition coefficient (Wildman–Crippen LogP) is 2.90. The zero-order chi connectivity index (χ0) is 19.7. The zero-order valence-electron chi connectivity index (χ0n) is 15.6. The van der Waals surface area contributed by atoms with Gasteiger partial charge in [0.1, 0.15) is 11.3 Å². The molecule has 161 valence electrons. The van der Waals surface area contributed by atoms with E-state index in [0.29, 0.717) is 0 Å². The smallest absolute Gasteiger partial charge is 0.455 e. The number of ketones is 1. The Balaban J connectivity index is 0.00000150. The third kappa shape index (κ3) is 3.75. The molecule has 0 atom stereocenters. The molecule has 1 aromatic heterocycles. The van der Waals surface area contributed by atoms with E-state index in [1.165, 1.54) is 12.1 Å². The first-order valence-corrected chi connectivity index (χ1v) is 8.09. The number of hydrogen-bond acceptors (Lipinski definition) is 4. The Bertz CT molecular complexity index is 1200. The monoisotopic (exact) mass is 563 g/mol. The van der Waals surface area contributed by atoms with E-state index in [9.17, 15) is 27.9 Å². The molecule has 6 nitrogen and oxygen atoms in total. The van der Waals surface area contributed by atoms with Crippen LogP contribution in [0.25, 0.3) is 22.1 Å². The van der Waals surface area contributed by atoms with Gasteiger partial charge in [-0.05, 0) is 34.4 Å². The molecule has 30 heavy (non-hydrogen) atoms. The summed E-state index contributed by atoms with van der Waals surface area (Å²) in [5.41, 5.74) is -0.0396. The van der Waals surface area contributed by atoms with E-state index >= 15 is 0 Å². The van der Waals surface area contributed by atoms with Crippen molar-refractivity contribution in [2.24, 2.45) is 0 Å². The first kappa shape index (κ1) is 26.4. The molecule has 0 saturated carbocycles. The van der Waals surface area contributed by atoms with Gasteiger partial charge in [-0.3, -0.25) is 4.79 Å². The minimum atomic E-state index is -5.30. The van der Waals surface area contributed by atoms with Crippen molar-refractivity contribution in [3.8, 4) is 16.9 Å². The third-order valence-electron chi connectivity index (χ3n) is 5.07. The van der Waals surface area contributed by atoms with Gasteiger partial charge in [0.15, 0.2) is 5.56 Å². The fourth-order valence-corrected chi connectivity index (χ4v) is 3.72. The average molecular weight is 562 g/mol. The molecule has 0 fully saturated rings. The number of aromatic hydroxyl groups is 1. The fourth-order valence-electron chi connectivity index (χ4n) is 3.72. The Labute approximate surface area is 208 Å². The summed E-state index contributed by atoms with van der Waals surface area (Å²) in [6, 6.07) is 10.6. The number of Topliss-reactive ketones (excluding diaryl/α,β-unsaturated/α-hetero) is 1. The second-order valence-electron chi connectivity index (χ2n) is 7.00. The molecular formula is C20H17EuF3O6. The van der Waals surface area contributed by atoms with Crippen molar-refractivity contribution in [1.29, 1.82) is 0 Å². The van der Waals surface area contributed by atoms with Gasteiger partial charge in [0.2, 0.25) is 0 Å². The largest absolute Gasteiger partial charge is 0.506 e. The van der Waals surface area contributed by atoms with Crippen molar-refractivity contribution in [3.05, 3.63) is 63.5 Å². The molecule has 0 spiro atoms. The molecule has 1 radical (unpaired) electrons. The van der Waals surface area contributed by atoms with E-state index < -0.39 is 34.3 Å². The molecule has 2 aromatic carbocycles. The van der Waals surface area contributed by atoms with Gasteiger partial charge >= 0.3 is 11.8 Å². The minimum absolute atomic E-state index is 0. The second-order valence-corrected chi connectivity index (χ2v) is 7.00. The molecule has 10 heteroatoms. The number of carbonyl (C=O) groups excluding carboxylic acids is 1. The molecule has 0 unspecified atom stereocenters. The maximum Gasteiger partial charge on any atom is 0.455 e. The topological polar surface area (TPSA) is 131 Å². The Morgan fingerprint density at radius 2 is 1.63 bits per heavy atom. The summed E-state index contributed by atoms with van der Waals surface area (Å²) in [5.74, 6) is -3.45. The number of hydrogen-bond donors (Lipinski definition) is 1. The van der Waals surface area contributed by atoms with Crippen LogP contribution in [0.5, 0.6) is 5.75 Å². The van der Waals surface area contributed by atoms with Gasteiger partial charge in [-0.25, -0.2) is 4.79 Å². The number of halogens is 3. The van der Waals surface area contributed by atoms with Gasteiger partial charge in [-0.2, -0.15) is 13.2 Å². The summed E-state index contributed by atoms with van der Waals surface area (Å²) in [4.78, 5) is 23.5. The first-order valence-electron chi connectivity index (χ1n) is 8.09. The number of alkyl halides is 3. The van der Waals surface area contributed by atoms with Crippen molar-refractivity contribution in [2.75, 3.05) is 0 Å². The standard InChI is InChI=1S/C20H13F3O4.Eu.2H2O/c1-19(2)12-6-4-3-5-9(12)10-8-14-11(7-13(10)19)16(24)15(18(26)27-14)17(25)20(21,22)23;;;/h3-8,24H,1-2H3;;2*1H2. The molecule has 0 aliphatic heterocycles. The van der Waals surface area contributed by atoms with Crippen LogP contribution in [0, 0.1) is 49.4 Å². The zero-order valence-corrected chi connectivity index (χ0v) is 18.1. The minimum Gasteiger partial charge on any atom is -0.506 e. The van der Waals surface area contributed by atoms with Crippen LogP contribution in [0.15, 0.2) is 45.6 Å². The summed E-state index contributed by atoms with van der Waals surface area (Å²) in [6.45, 7) is 3.89. The van der Waals surface area contributed by atoms with Crippen LogP contribution in [0.4, 0.5) is 13.2 Å². The number of fused-ring (bicyclic) bond motifs is 4. The van der Waals surface area contributed by atoms with Crippen molar-refractivity contribution in [1.82, 2.24) is 0 Å². The maximum absolute atomic E-state index is 12.8. The Kier molecular flexibility index (Phi) is 7.50. The van der Waals surface area contributed by atoms with E-state index in [1.807, 2.05) is 38.1 Å². The Hall–Kier alpha value is -1.59. The van der Waals surface area contributed by atoms with Gasteiger partial charge in [0.05, 0.1) is 5.39 Å². The van der Waals surface area contributed by atoms with Crippen LogP contribution in [0.3, 0.4) is 0 Å². The molecule has 1 aliphatic carbocycles. The first-order chi connectivity index (χ1) is 12.5. The summed E-state index contributed by atoms with van der Waals surface area (Å²) in [6.07, 6.45) is -5.30. The molecule has 0 amide bonds. The fraction of sp³-hybridized carbons (Fsp3) is 0.200. The third-order valence-corrected chi connectivity index (χ3v) is 5.07. The molecule has 1 heterocycles. The Morgan fingerprint density at radius 3 is 2.23 bits per heavy atom. The molecule has 5 N–H and O–H groups in total. The predicted molar refractivity (Wildman–Crippen MR) is 99.3 cm³/mol. The normalized spacial score (nSPS) is 13.4. The van der Waals surface area contributed by atoms with E-state index in [1.54, 1.807) is 0 Å². The maximum atomic E-state index is 12.8. The van der Waals surface area contributed by atoms with Gasteiger partial charge < -0.3 is 20.5 Å². The van der Waals surface area contributed by atoms with Gasteiger partial charge in [-0.15, -0.1) is 0 Å². The molecule has 1 aliphatic rings. The summed E-state index contributed by atoms with van der Waals surface area (Å²) in [7, 11) is 0. The summed E-state index contributed by atoms with van der Waals surface area (Å²) >= 11 is 0. The summed E-state index contributed by atoms with van der Waals surface area (Å²) < 4.78 is 43.3. The van der Waals surface area contributed by atoms with Crippen LogP contribution >= 0.6 is 0 Å². The van der Waals surface area contributed by atoms with Crippen LogP contribution < -0.4 is 5.63 Å². The van der Waals surface area contributed by atoms with E-state index in [0.717, 1.165) is 22.3 Å². The van der Waals surface area contributed by atoms with E-state index in [4.69, 9.17) is 4.42 Å². The van der Waals surface area contributed by atoms with Crippen LogP contribution in [-0.4, -0.2) is 28.0 Å². The molecule has 3 aromatic rings. The number of benzene rings is 2. The van der Waals surface area contributed by atoms with Crippen LogP contribution in [-0.2, 0) is 5.41 Å². The SMILES string of the molecule is CC1(C)c2ccccc2-c2cc3oc(=O)c(C(=O)C(F)(F)F)c(O)c3cc21.O.O.[Eu]. The van der Waals surface area contributed by atoms with Crippen molar-refractivity contribution in [3.63, 3.8) is 0 Å². The second kappa shape index (κ2) is 8.51. The number of rotatable bonds is 1. The van der Waals surface area contributed by atoms with E-state index in [2.05, 4.69) is 0 Å². The van der Waals surface area contributed by atoms with Crippen LogP contribution in [0.2, 0.25) is 0 Å². The summed E-state index contributed by atoms with van der Waals surface area (Å²) in [5, 5.41) is 10.2. The van der Waals surface area contributed by atoms with Gasteiger partial charge in [-0.1, -0.05) is 38.1 Å². The van der Waals surface area contributed by atoms with Crippen LogP contribution in [0.1, 0.15) is 35.3 Å². The molecule has 4 rings (SSSR count).